The number of benzene rings is 2. The van der Waals surface area contributed by atoms with Crippen LogP contribution in [-0.2, 0) is 0 Å². The second-order valence-corrected chi connectivity index (χ2v) is 7.88. The second-order valence-electron chi connectivity index (χ2n) is 6.96. The van der Waals surface area contributed by atoms with Gasteiger partial charge in [-0.1, -0.05) is 33.2 Å². The number of aromatic nitrogens is 1. The van der Waals surface area contributed by atoms with Crippen molar-refractivity contribution in [3.05, 3.63) is 85.9 Å². The van der Waals surface area contributed by atoms with Crippen molar-refractivity contribution in [3.8, 4) is 5.75 Å². The summed E-state index contributed by atoms with van der Waals surface area (Å²) in [5, 5.41) is 4.40. The molecule has 1 aliphatic rings. The predicted octanol–water partition coefficient (Wildman–Crippen LogP) is 4.61. The van der Waals surface area contributed by atoms with E-state index in [0.29, 0.717) is 33.9 Å². The minimum absolute atomic E-state index is 0.00305. The van der Waals surface area contributed by atoms with Gasteiger partial charge in [0.25, 0.3) is 5.91 Å². The quantitative estimate of drug-likeness (QED) is 0.438. The molecule has 1 aliphatic heterocycles. The molecule has 1 atom stereocenters. The Morgan fingerprint density at radius 1 is 1.13 bits per heavy atom. The second kappa shape index (κ2) is 6.84. The van der Waals surface area contributed by atoms with E-state index in [1.165, 1.54) is 4.90 Å². The zero-order valence-electron chi connectivity index (χ0n) is 16.0. The number of carbonyl (C=O) groups is 1. The van der Waals surface area contributed by atoms with Crippen LogP contribution in [-0.4, -0.2) is 18.2 Å². The fourth-order valence-electron chi connectivity index (χ4n) is 3.78. The number of methoxy groups -OCH3 is 1. The molecule has 1 amide bonds. The van der Waals surface area contributed by atoms with Crippen molar-refractivity contribution in [1.82, 2.24) is 5.16 Å². The van der Waals surface area contributed by atoms with E-state index in [1.54, 1.807) is 50.4 Å². The van der Waals surface area contributed by atoms with E-state index in [1.807, 2.05) is 12.1 Å². The van der Waals surface area contributed by atoms with Crippen molar-refractivity contribution in [3.63, 3.8) is 0 Å². The Morgan fingerprint density at radius 3 is 2.70 bits per heavy atom. The van der Waals surface area contributed by atoms with E-state index < -0.39 is 11.9 Å². The van der Waals surface area contributed by atoms with Gasteiger partial charge in [0.05, 0.1) is 24.1 Å². The van der Waals surface area contributed by atoms with Gasteiger partial charge >= 0.3 is 0 Å². The first-order valence-electron chi connectivity index (χ1n) is 9.15. The number of carbonyl (C=O) groups excluding carboxylic acids is 1. The maximum atomic E-state index is 13.5. The normalized spacial score (nSPS) is 15.6. The first-order chi connectivity index (χ1) is 14.5. The van der Waals surface area contributed by atoms with E-state index in [9.17, 15) is 9.59 Å². The fourth-order valence-corrected chi connectivity index (χ4v) is 4.14. The smallest absolute Gasteiger partial charge is 0.296 e. The highest BCUT2D eigenvalue weighted by molar-refractivity contribution is 9.10. The van der Waals surface area contributed by atoms with Crippen LogP contribution >= 0.6 is 15.9 Å². The summed E-state index contributed by atoms with van der Waals surface area (Å²) in [5.74, 6) is 1.02. The number of ether oxygens (including phenoxy) is 1. The largest absolute Gasteiger partial charge is 0.497 e. The topological polar surface area (TPSA) is 85.8 Å². The number of fused-ring (bicyclic) bond motifs is 2. The van der Waals surface area contributed by atoms with Gasteiger partial charge < -0.3 is 13.7 Å². The number of rotatable bonds is 3. The molecule has 0 N–H and O–H groups in total. The molecule has 2 aromatic carbocycles. The average molecular weight is 467 g/mol. The zero-order chi connectivity index (χ0) is 21.0. The maximum absolute atomic E-state index is 13.5. The van der Waals surface area contributed by atoms with Crippen LogP contribution in [0, 0.1) is 6.92 Å². The molecule has 0 bridgehead atoms. The molecule has 2 aromatic heterocycles. The van der Waals surface area contributed by atoms with Gasteiger partial charge in [0.15, 0.2) is 11.2 Å². The van der Waals surface area contributed by atoms with E-state index in [-0.39, 0.29) is 16.8 Å². The summed E-state index contributed by atoms with van der Waals surface area (Å²) < 4.78 is 17.2. The van der Waals surface area contributed by atoms with E-state index in [0.717, 1.165) is 4.47 Å². The van der Waals surface area contributed by atoms with Gasteiger partial charge in [-0.15, -0.1) is 0 Å². The molecule has 0 saturated heterocycles. The molecule has 3 heterocycles. The number of hydrogen-bond acceptors (Lipinski definition) is 6. The third kappa shape index (κ3) is 2.75. The van der Waals surface area contributed by atoms with Gasteiger partial charge in [0, 0.05) is 10.5 Å². The Balaban J connectivity index is 1.83. The number of amides is 1. The van der Waals surface area contributed by atoms with Crippen LogP contribution in [0.15, 0.2) is 66.7 Å². The van der Waals surface area contributed by atoms with Crippen LogP contribution in [0.5, 0.6) is 5.75 Å². The van der Waals surface area contributed by atoms with Crippen molar-refractivity contribution < 1.29 is 18.5 Å². The summed E-state index contributed by atoms with van der Waals surface area (Å²) >= 11 is 3.39. The van der Waals surface area contributed by atoms with Crippen LogP contribution in [0.25, 0.3) is 11.0 Å². The third-order valence-electron chi connectivity index (χ3n) is 5.10. The van der Waals surface area contributed by atoms with E-state index >= 15 is 0 Å². The minimum Gasteiger partial charge on any atom is -0.497 e. The number of hydrogen-bond donors (Lipinski definition) is 0. The molecule has 0 aliphatic carbocycles. The average Bonchev–Trinajstić information content (AvgIpc) is 3.30. The van der Waals surface area contributed by atoms with Crippen LogP contribution in [0.2, 0.25) is 0 Å². The van der Waals surface area contributed by atoms with Gasteiger partial charge in [-0.2, -0.15) is 0 Å². The minimum atomic E-state index is -0.730. The fraction of sp³-hybridized carbons (Fsp3) is 0.136. The number of nitrogens with zero attached hydrogens (tertiary/aromatic N) is 2. The van der Waals surface area contributed by atoms with Crippen LogP contribution in [0.4, 0.5) is 5.82 Å². The van der Waals surface area contributed by atoms with Crippen LogP contribution in [0.3, 0.4) is 0 Å². The Morgan fingerprint density at radius 2 is 1.97 bits per heavy atom. The Bertz CT molecular complexity index is 1370. The van der Waals surface area contributed by atoms with Crippen molar-refractivity contribution in [2.45, 2.75) is 13.0 Å². The zero-order valence-corrected chi connectivity index (χ0v) is 17.6. The highest BCUT2D eigenvalue weighted by Crippen LogP contribution is 2.41. The third-order valence-corrected chi connectivity index (χ3v) is 5.60. The first-order valence-corrected chi connectivity index (χ1v) is 9.94. The standard InChI is InChI=1S/C22H15BrN2O5/c1-11-8-17(24-30-11)25-19(12-4-3-5-14(9-12)28-2)18-20(26)15-10-13(23)6-7-16(15)29-21(18)22(25)27/h3-10,19H,1-2H3. The molecule has 7 nitrogen and oxygen atoms in total. The Hall–Kier alpha value is -3.39. The number of halogens is 1. The molecule has 30 heavy (non-hydrogen) atoms. The van der Waals surface area contributed by atoms with Gasteiger partial charge in [-0.05, 0) is 42.8 Å². The van der Waals surface area contributed by atoms with Crippen molar-refractivity contribution in [1.29, 1.82) is 0 Å². The number of aryl methyl sites for hydroxylation is 1. The highest BCUT2D eigenvalue weighted by atomic mass is 79.9. The highest BCUT2D eigenvalue weighted by Gasteiger charge is 2.45. The molecule has 0 saturated carbocycles. The predicted molar refractivity (Wildman–Crippen MR) is 113 cm³/mol. The van der Waals surface area contributed by atoms with Crippen molar-refractivity contribution in [2.75, 3.05) is 12.0 Å². The van der Waals surface area contributed by atoms with Gasteiger partial charge in [0.2, 0.25) is 5.76 Å². The lowest BCUT2D eigenvalue weighted by Gasteiger charge is -2.22. The monoisotopic (exact) mass is 466 g/mol. The molecule has 8 heteroatoms. The molecule has 0 fully saturated rings. The molecule has 4 aromatic rings. The molecule has 5 rings (SSSR count). The maximum Gasteiger partial charge on any atom is 0.296 e. The summed E-state index contributed by atoms with van der Waals surface area (Å²) in [5.41, 5.74) is 1.04. The summed E-state index contributed by atoms with van der Waals surface area (Å²) in [6, 6.07) is 13.3. The lowest BCUT2D eigenvalue weighted by molar-refractivity contribution is 0.0969. The molecular formula is C22H15BrN2O5. The molecule has 0 spiro atoms. The first kappa shape index (κ1) is 18.6. The van der Waals surface area contributed by atoms with Gasteiger partial charge in [-0.3, -0.25) is 14.5 Å². The number of anilines is 1. The lowest BCUT2D eigenvalue weighted by atomic mass is 9.98. The molecule has 1 unspecified atom stereocenters. The molecule has 0 radical (unpaired) electrons. The van der Waals surface area contributed by atoms with E-state index in [4.69, 9.17) is 13.7 Å². The van der Waals surface area contributed by atoms with Crippen LogP contribution < -0.4 is 15.1 Å². The Kier molecular flexibility index (Phi) is 4.25. The summed E-state index contributed by atoms with van der Waals surface area (Å²) in [7, 11) is 1.56. The Labute approximate surface area is 179 Å². The summed E-state index contributed by atoms with van der Waals surface area (Å²) in [4.78, 5) is 28.3. The summed E-state index contributed by atoms with van der Waals surface area (Å²) in [6.07, 6.45) is 0. The molecular weight excluding hydrogens is 452 g/mol. The van der Waals surface area contributed by atoms with Gasteiger partial charge in [-0.25, -0.2) is 0 Å². The lowest BCUT2D eigenvalue weighted by Crippen LogP contribution is -2.29. The van der Waals surface area contributed by atoms with Crippen molar-refractivity contribution in [2.24, 2.45) is 0 Å². The van der Waals surface area contributed by atoms with Gasteiger partial charge in [0.1, 0.15) is 17.1 Å². The SMILES string of the molecule is COc1cccc(C2c3c(oc4ccc(Br)cc4c3=O)C(=O)N2c2cc(C)on2)c1. The van der Waals surface area contributed by atoms with E-state index in [2.05, 4.69) is 21.1 Å². The summed E-state index contributed by atoms with van der Waals surface area (Å²) in [6.45, 7) is 1.74. The van der Waals surface area contributed by atoms with Crippen LogP contribution in [0.1, 0.15) is 33.5 Å². The van der Waals surface area contributed by atoms with Crippen molar-refractivity contribution >= 4 is 38.6 Å². The molecule has 150 valence electrons.